The third-order valence-corrected chi connectivity index (χ3v) is 7.97. The fourth-order valence-electron chi connectivity index (χ4n) is 5.96. The van der Waals surface area contributed by atoms with E-state index >= 15 is 0 Å². The van der Waals surface area contributed by atoms with E-state index in [1.807, 2.05) is 24.4 Å². The maximum atomic E-state index is 6.40. The predicted molar refractivity (Wildman–Crippen MR) is 173 cm³/mol. The van der Waals surface area contributed by atoms with E-state index in [1.165, 1.54) is 16.7 Å². The first kappa shape index (κ1) is 24.2. The molecule has 8 rings (SSSR count). The normalized spacial score (nSPS) is 11.5. The molecule has 0 atom stereocenters. The Kier molecular flexibility index (Phi) is 5.79. The smallest absolute Gasteiger partial charge is 0.136 e. The fourth-order valence-corrected chi connectivity index (χ4v) is 5.96. The molecular formula is C39H26N2O. The molecule has 0 saturated heterocycles. The van der Waals surface area contributed by atoms with Crippen LogP contribution in [0.3, 0.4) is 0 Å². The molecule has 7 aromatic rings. The van der Waals surface area contributed by atoms with Gasteiger partial charge >= 0.3 is 0 Å². The van der Waals surface area contributed by atoms with Crippen molar-refractivity contribution in [2.45, 2.75) is 0 Å². The quantitative estimate of drug-likeness (QED) is 0.218. The van der Waals surface area contributed by atoms with Crippen LogP contribution in [0.15, 0.2) is 158 Å². The zero-order chi connectivity index (χ0) is 27.9. The summed E-state index contributed by atoms with van der Waals surface area (Å²) in [6.45, 7) is 0. The molecule has 3 nitrogen and oxygen atoms in total. The van der Waals surface area contributed by atoms with Gasteiger partial charge in [-0.15, -0.1) is 0 Å². The van der Waals surface area contributed by atoms with Gasteiger partial charge in [0.1, 0.15) is 11.5 Å². The minimum atomic E-state index is 0.884. The van der Waals surface area contributed by atoms with Crippen molar-refractivity contribution >= 4 is 27.8 Å². The SMILES string of the molecule is c1ccc(-c2ccc(N(c3ccc(-c4cccnc4)cc3)c3ccc4c5c(cccc35)-c3ccccc3O4)cc2)cc1. The Morgan fingerprint density at radius 2 is 1.10 bits per heavy atom. The van der Waals surface area contributed by atoms with Crippen molar-refractivity contribution in [3.63, 3.8) is 0 Å². The average Bonchev–Trinajstić information content (AvgIpc) is 3.07. The van der Waals surface area contributed by atoms with Gasteiger partial charge in [-0.1, -0.05) is 97.1 Å². The Bertz CT molecular complexity index is 1950. The molecule has 1 aliphatic heterocycles. The van der Waals surface area contributed by atoms with E-state index < -0.39 is 0 Å². The average molecular weight is 539 g/mol. The molecule has 0 unspecified atom stereocenters. The van der Waals surface area contributed by atoms with Crippen molar-refractivity contribution in [1.29, 1.82) is 0 Å². The van der Waals surface area contributed by atoms with Gasteiger partial charge in [0.25, 0.3) is 0 Å². The number of nitrogens with zero attached hydrogens (tertiary/aromatic N) is 2. The van der Waals surface area contributed by atoms with Gasteiger partial charge in [-0.3, -0.25) is 4.98 Å². The van der Waals surface area contributed by atoms with Gasteiger partial charge < -0.3 is 9.64 Å². The maximum absolute atomic E-state index is 6.40. The molecule has 0 radical (unpaired) electrons. The molecule has 0 N–H and O–H groups in total. The number of ether oxygens (including phenoxy) is 1. The molecule has 0 bridgehead atoms. The van der Waals surface area contributed by atoms with Gasteiger partial charge in [0.2, 0.25) is 0 Å². The lowest BCUT2D eigenvalue weighted by molar-refractivity contribution is 0.487. The Balaban J connectivity index is 1.30. The summed E-state index contributed by atoms with van der Waals surface area (Å²) >= 11 is 0. The van der Waals surface area contributed by atoms with Crippen LogP contribution in [-0.4, -0.2) is 4.98 Å². The van der Waals surface area contributed by atoms with Crippen molar-refractivity contribution in [1.82, 2.24) is 4.98 Å². The summed E-state index contributed by atoms with van der Waals surface area (Å²) in [7, 11) is 0. The van der Waals surface area contributed by atoms with Crippen LogP contribution >= 0.6 is 0 Å². The third kappa shape index (κ3) is 4.11. The molecule has 6 aromatic carbocycles. The van der Waals surface area contributed by atoms with Crippen molar-refractivity contribution in [2.24, 2.45) is 0 Å². The molecule has 3 heteroatoms. The minimum Gasteiger partial charge on any atom is -0.456 e. The van der Waals surface area contributed by atoms with Crippen molar-refractivity contribution in [3.05, 3.63) is 158 Å². The zero-order valence-corrected chi connectivity index (χ0v) is 22.8. The lowest BCUT2D eigenvalue weighted by Crippen LogP contribution is -2.11. The van der Waals surface area contributed by atoms with Gasteiger partial charge in [0.15, 0.2) is 0 Å². The van der Waals surface area contributed by atoms with Crippen molar-refractivity contribution in [2.75, 3.05) is 4.90 Å². The predicted octanol–water partition coefficient (Wildman–Crippen LogP) is 10.8. The number of anilines is 3. The maximum Gasteiger partial charge on any atom is 0.136 e. The first-order valence-corrected chi connectivity index (χ1v) is 14.1. The Labute approximate surface area is 244 Å². The highest BCUT2D eigenvalue weighted by Gasteiger charge is 2.23. The second-order valence-corrected chi connectivity index (χ2v) is 10.4. The van der Waals surface area contributed by atoms with E-state index in [4.69, 9.17) is 4.74 Å². The van der Waals surface area contributed by atoms with Gasteiger partial charge in [-0.05, 0) is 76.3 Å². The van der Waals surface area contributed by atoms with Crippen molar-refractivity contribution in [3.8, 4) is 44.9 Å². The second-order valence-electron chi connectivity index (χ2n) is 10.4. The van der Waals surface area contributed by atoms with Crippen LogP contribution < -0.4 is 9.64 Å². The van der Waals surface area contributed by atoms with E-state index in [-0.39, 0.29) is 0 Å². The highest BCUT2D eigenvalue weighted by Crippen LogP contribution is 2.50. The molecule has 42 heavy (non-hydrogen) atoms. The summed E-state index contributed by atoms with van der Waals surface area (Å²) in [5.74, 6) is 1.78. The van der Waals surface area contributed by atoms with Crippen LogP contribution in [0.4, 0.5) is 17.1 Å². The summed E-state index contributed by atoms with van der Waals surface area (Å²) in [4.78, 5) is 6.64. The molecule has 1 aromatic heterocycles. The number of fused-ring (bicyclic) bond motifs is 2. The lowest BCUT2D eigenvalue weighted by Gasteiger charge is -2.29. The second kappa shape index (κ2) is 10.1. The molecule has 0 fully saturated rings. The van der Waals surface area contributed by atoms with Gasteiger partial charge in [0, 0.05) is 40.1 Å². The van der Waals surface area contributed by atoms with E-state index in [0.717, 1.165) is 56.0 Å². The van der Waals surface area contributed by atoms with Crippen LogP contribution in [0.25, 0.3) is 44.2 Å². The topological polar surface area (TPSA) is 25.4 Å². The fraction of sp³-hybridized carbons (Fsp3) is 0. The monoisotopic (exact) mass is 538 g/mol. The first-order valence-electron chi connectivity index (χ1n) is 14.1. The summed E-state index contributed by atoms with van der Waals surface area (Å²) in [6.07, 6.45) is 3.71. The molecule has 1 aliphatic rings. The van der Waals surface area contributed by atoms with Crippen molar-refractivity contribution < 1.29 is 4.74 Å². The van der Waals surface area contributed by atoms with Crippen LogP contribution in [0.2, 0.25) is 0 Å². The summed E-state index contributed by atoms with van der Waals surface area (Å²) in [5, 5.41) is 2.27. The summed E-state index contributed by atoms with van der Waals surface area (Å²) in [6, 6.07) is 51.2. The molecule has 0 saturated carbocycles. The first-order chi connectivity index (χ1) is 20.8. The number of aromatic nitrogens is 1. The van der Waals surface area contributed by atoms with Crippen LogP contribution in [0, 0.1) is 0 Å². The molecular weight excluding hydrogens is 512 g/mol. The number of hydrogen-bond donors (Lipinski definition) is 0. The van der Waals surface area contributed by atoms with Gasteiger partial charge in [-0.25, -0.2) is 0 Å². The van der Waals surface area contributed by atoms with Crippen LogP contribution in [0.1, 0.15) is 0 Å². The Morgan fingerprint density at radius 1 is 0.452 bits per heavy atom. The number of para-hydroxylation sites is 1. The van der Waals surface area contributed by atoms with E-state index in [9.17, 15) is 0 Å². The molecule has 198 valence electrons. The number of pyridine rings is 1. The zero-order valence-electron chi connectivity index (χ0n) is 22.8. The number of hydrogen-bond acceptors (Lipinski definition) is 3. The summed E-state index contributed by atoms with van der Waals surface area (Å²) < 4.78 is 6.40. The standard InChI is InChI=1S/C39H26N2O/c1-2-8-27(9-3-1)28-15-19-31(20-16-28)41(32-21-17-29(18-22-32)30-10-7-25-40-26-30)36-23-24-38-39-34(12-6-13-35(36)39)33-11-4-5-14-37(33)42-38/h1-26H. The number of rotatable bonds is 5. The Hall–Kier alpha value is -5.67. The largest absolute Gasteiger partial charge is 0.456 e. The van der Waals surface area contributed by atoms with Gasteiger partial charge in [0.05, 0.1) is 5.69 Å². The van der Waals surface area contributed by atoms with Crippen LogP contribution in [0.5, 0.6) is 11.5 Å². The van der Waals surface area contributed by atoms with E-state index in [2.05, 4.69) is 137 Å². The van der Waals surface area contributed by atoms with Crippen LogP contribution in [-0.2, 0) is 0 Å². The number of benzene rings is 6. The minimum absolute atomic E-state index is 0.884. The highest BCUT2D eigenvalue weighted by molar-refractivity contribution is 6.10. The van der Waals surface area contributed by atoms with E-state index in [1.54, 1.807) is 6.20 Å². The lowest BCUT2D eigenvalue weighted by atomic mass is 9.93. The van der Waals surface area contributed by atoms with E-state index in [0.29, 0.717) is 0 Å². The Morgan fingerprint density at radius 3 is 1.83 bits per heavy atom. The molecule has 0 amide bonds. The molecule has 0 spiro atoms. The third-order valence-electron chi connectivity index (χ3n) is 7.97. The summed E-state index contributed by atoms with van der Waals surface area (Å²) in [5.41, 5.74) is 10.2. The van der Waals surface area contributed by atoms with Gasteiger partial charge in [-0.2, -0.15) is 0 Å². The highest BCUT2D eigenvalue weighted by atomic mass is 16.5. The molecule has 0 aliphatic carbocycles. The molecule has 2 heterocycles.